The summed E-state index contributed by atoms with van der Waals surface area (Å²) >= 11 is 1.86. The Labute approximate surface area is 128 Å². The first kappa shape index (κ1) is 16.0. The topological polar surface area (TPSA) is 24.9 Å². The van der Waals surface area contributed by atoms with Crippen LogP contribution in [0.5, 0.6) is 0 Å². The van der Waals surface area contributed by atoms with Gasteiger partial charge in [0.05, 0.1) is 11.2 Å². The predicted molar refractivity (Wildman–Crippen MR) is 88.4 cm³/mol. The second-order valence-electron chi connectivity index (χ2n) is 7.48. The summed E-state index contributed by atoms with van der Waals surface area (Å²) in [5, 5.41) is 7.42. The van der Waals surface area contributed by atoms with Crippen molar-refractivity contribution >= 4 is 11.3 Å². The van der Waals surface area contributed by atoms with E-state index in [1.807, 2.05) is 11.3 Å². The van der Waals surface area contributed by atoms with E-state index < -0.39 is 0 Å². The first-order chi connectivity index (χ1) is 9.37. The molecule has 0 amide bonds. The van der Waals surface area contributed by atoms with Gasteiger partial charge in [0.15, 0.2) is 0 Å². The molecule has 1 N–H and O–H groups in total. The second-order valence-corrected chi connectivity index (χ2v) is 8.34. The molecule has 1 heterocycles. The molecule has 0 unspecified atom stereocenters. The predicted octanol–water partition coefficient (Wildman–Crippen LogP) is 4.85. The molecule has 1 aromatic heterocycles. The zero-order chi connectivity index (χ0) is 14.8. The third-order valence-corrected chi connectivity index (χ3v) is 5.57. The van der Waals surface area contributed by atoms with Crippen LogP contribution in [-0.4, -0.2) is 11.5 Å². The molecule has 0 aromatic carbocycles. The van der Waals surface area contributed by atoms with Crippen molar-refractivity contribution in [3.63, 3.8) is 0 Å². The highest BCUT2D eigenvalue weighted by Gasteiger charge is 2.38. The van der Waals surface area contributed by atoms with Crippen molar-refractivity contribution in [3.8, 4) is 0 Å². The van der Waals surface area contributed by atoms with E-state index in [9.17, 15) is 0 Å². The molecular weight excluding hydrogens is 264 g/mol. The van der Waals surface area contributed by atoms with Gasteiger partial charge >= 0.3 is 0 Å². The van der Waals surface area contributed by atoms with E-state index in [-0.39, 0.29) is 11.0 Å². The molecule has 20 heavy (non-hydrogen) atoms. The summed E-state index contributed by atoms with van der Waals surface area (Å²) < 4.78 is 0. The molecule has 0 bridgehead atoms. The normalized spacial score (nSPS) is 27.8. The quantitative estimate of drug-likeness (QED) is 0.859. The van der Waals surface area contributed by atoms with Gasteiger partial charge in [-0.15, -0.1) is 11.3 Å². The number of hydrogen-bond acceptors (Lipinski definition) is 3. The molecular formula is C17H30N2S. The monoisotopic (exact) mass is 294 g/mol. The van der Waals surface area contributed by atoms with Gasteiger partial charge in [0.2, 0.25) is 0 Å². The van der Waals surface area contributed by atoms with E-state index >= 15 is 0 Å². The molecule has 0 radical (unpaired) electrons. The SMILES string of the molecule is CCCNC1(c2nc(C(C)(C)C)cs2)CCC(C)CC1. The summed E-state index contributed by atoms with van der Waals surface area (Å²) in [4.78, 5) is 5.01. The fraction of sp³-hybridized carbons (Fsp3) is 0.824. The van der Waals surface area contributed by atoms with E-state index in [0.29, 0.717) is 0 Å². The lowest BCUT2D eigenvalue weighted by Gasteiger charge is -2.39. The van der Waals surface area contributed by atoms with Gasteiger partial charge in [0.1, 0.15) is 5.01 Å². The van der Waals surface area contributed by atoms with Gasteiger partial charge in [0.25, 0.3) is 0 Å². The Morgan fingerprint density at radius 2 is 2.00 bits per heavy atom. The lowest BCUT2D eigenvalue weighted by atomic mass is 9.77. The Hall–Kier alpha value is -0.410. The third kappa shape index (κ3) is 3.43. The Morgan fingerprint density at radius 3 is 2.50 bits per heavy atom. The van der Waals surface area contributed by atoms with E-state index in [2.05, 4.69) is 45.3 Å². The van der Waals surface area contributed by atoms with Gasteiger partial charge in [-0.25, -0.2) is 4.98 Å². The first-order valence-corrected chi connectivity index (χ1v) is 8.97. The van der Waals surface area contributed by atoms with E-state index in [1.165, 1.54) is 42.8 Å². The van der Waals surface area contributed by atoms with Crippen molar-refractivity contribution in [2.24, 2.45) is 5.92 Å². The molecule has 0 saturated heterocycles. The van der Waals surface area contributed by atoms with Crippen molar-refractivity contribution in [2.75, 3.05) is 6.54 Å². The van der Waals surface area contributed by atoms with Crippen LogP contribution >= 0.6 is 11.3 Å². The zero-order valence-electron chi connectivity index (χ0n) is 13.8. The Kier molecular flexibility index (Phi) is 4.91. The van der Waals surface area contributed by atoms with Crippen LogP contribution in [0, 0.1) is 5.92 Å². The highest BCUT2D eigenvalue weighted by atomic mass is 32.1. The molecule has 1 aromatic rings. The van der Waals surface area contributed by atoms with Crippen LogP contribution in [0.15, 0.2) is 5.38 Å². The van der Waals surface area contributed by atoms with Gasteiger partial charge in [0, 0.05) is 10.8 Å². The summed E-state index contributed by atoms with van der Waals surface area (Å²) in [6.07, 6.45) is 6.31. The van der Waals surface area contributed by atoms with Crippen molar-refractivity contribution in [1.82, 2.24) is 10.3 Å². The molecule has 0 atom stereocenters. The van der Waals surface area contributed by atoms with Crippen molar-refractivity contribution in [3.05, 3.63) is 16.1 Å². The fourth-order valence-corrected chi connectivity index (χ4v) is 4.21. The summed E-state index contributed by atoms with van der Waals surface area (Å²) in [7, 11) is 0. The van der Waals surface area contributed by atoms with Crippen LogP contribution in [0.2, 0.25) is 0 Å². The minimum absolute atomic E-state index is 0.149. The maximum atomic E-state index is 5.01. The maximum Gasteiger partial charge on any atom is 0.113 e. The maximum absolute atomic E-state index is 5.01. The van der Waals surface area contributed by atoms with Crippen LogP contribution < -0.4 is 5.32 Å². The van der Waals surface area contributed by atoms with Crippen molar-refractivity contribution in [2.45, 2.75) is 77.7 Å². The van der Waals surface area contributed by atoms with E-state index in [1.54, 1.807) is 0 Å². The molecule has 114 valence electrons. The Bertz CT molecular complexity index is 417. The molecule has 1 fully saturated rings. The smallest absolute Gasteiger partial charge is 0.113 e. The highest BCUT2D eigenvalue weighted by Crippen LogP contribution is 2.41. The largest absolute Gasteiger partial charge is 0.305 e. The van der Waals surface area contributed by atoms with Crippen molar-refractivity contribution < 1.29 is 0 Å². The fourth-order valence-electron chi connectivity index (χ4n) is 2.92. The molecule has 1 aliphatic carbocycles. The van der Waals surface area contributed by atoms with Gasteiger partial charge in [-0.1, -0.05) is 34.6 Å². The highest BCUT2D eigenvalue weighted by molar-refractivity contribution is 7.09. The molecule has 2 nitrogen and oxygen atoms in total. The summed E-state index contributed by atoms with van der Waals surface area (Å²) in [6, 6.07) is 0. The minimum Gasteiger partial charge on any atom is -0.305 e. The van der Waals surface area contributed by atoms with Crippen LogP contribution in [0.1, 0.15) is 77.4 Å². The van der Waals surface area contributed by atoms with Gasteiger partial charge in [-0.3, -0.25) is 0 Å². The summed E-state index contributed by atoms with van der Waals surface area (Å²) in [5.41, 5.74) is 1.55. The van der Waals surface area contributed by atoms with Crippen LogP contribution in [0.25, 0.3) is 0 Å². The third-order valence-electron chi connectivity index (χ3n) is 4.52. The lowest BCUT2D eigenvalue weighted by molar-refractivity contribution is 0.196. The lowest BCUT2D eigenvalue weighted by Crippen LogP contribution is -2.45. The Balaban J connectivity index is 2.24. The number of hydrogen-bond donors (Lipinski definition) is 1. The number of thiazole rings is 1. The molecule has 0 spiro atoms. The number of nitrogens with one attached hydrogen (secondary N) is 1. The second kappa shape index (κ2) is 6.15. The van der Waals surface area contributed by atoms with Crippen LogP contribution in [0.4, 0.5) is 0 Å². The van der Waals surface area contributed by atoms with Gasteiger partial charge < -0.3 is 5.32 Å². The zero-order valence-corrected chi connectivity index (χ0v) is 14.6. The number of aromatic nitrogens is 1. The number of rotatable bonds is 4. The van der Waals surface area contributed by atoms with Crippen LogP contribution in [0.3, 0.4) is 0 Å². The van der Waals surface area contributed by atoms with Gasteiger partial charge in [-0.05, 0) is 44.6 Å². The van der Waals surface area contributed by atoms with E-state index in [4.69, 9.17) is 4.98 Å². The number of nitrogens with zero attached hydrogens (tertiary/aromatic N) is 1. The van der Waals surface area contributed by atoms with Gasteiger partial charge in [-0.2, -0.15) is 0 Å². The Morgan fingerprint density at radius 1 is 1.35 bits per heavy atom. The first-order valence-electron chi connectivity index (χ1n) is 8.09. The van der Waals surface area contributed by atoms with Crippen LogP contribution in [-0.2, 0) is 11.0 Å². The summed E-state index contributed by atoms with van der Waals surface area (Å²) in [5.74, 6) is 0.869. The molecule has 0 aliphatic heterocycles. The average Bonchev–Trinajstić information content (AvgIpc) is 2.89. The standard InChI is InChI=1S/C17H30N2S/c1-6-11-18-17(9-7-13(2)8-10-17)15-19-14(12-20-15)16(3,4)5/h12-13,18H,6-11H2,1-5H3. The molecule has 1 aliphatic rings. The molecule has 1 saturated carbocycles. The molecule has 3 heteroatoms. The minimum atomic E-state index is 0.149. The summed E-state index contributed by atoms with van der Waals surface area (Å²) in [6.45, 7) is 12.5. The van der Waals surface area contributed by atoms with Crippen molar-refractivity contribution in [1.29, 1.82) is 0 Å². The van der Waals surface area contributed by atoms with E-state index in [0.717, 1.165) is 12.5 Å². The average molecular weight is 295 g/mol. The molecule has 2 rings (SSSR count).